The highest BCUT2D eigenvalue weighted by Gasteiger charge is 2.13. The summed E-state index contributed by atoms with van der Waals surface area (Å²) in [4.78, 5) is 4.04. The number of hydrogen-bond donors (Lipinski definition) is 3. The molecule has 2 aromatic rings. The Labute approximate surface area is 110 Å². The highest BCUT2D eigenvalue weighted by molar-refractivity contribution is 7.89. The fourth-order valence-corrected chi connectivity index (χ4v) is 2.65. The van der Waals surface area contributed by atoms with E-state index in [2.05, 4.69) is 19.9 Å². The molecule has 0 aliphatic carbocycles. The van der Waals surface area contributed by atoms with E-state index in [0.29, 0.717) is 17.8 Å². The Bertz CT molecular complexity index is 625. The maximum absolute atomic E-state index is 12.0. The lowest BCUT2D eigenvalue weighted by atomic mass is 10.2. The van der Waals surface area contributed by atoms with Crippen LogP contribution in [0.15, 0.2) is 35.5 Å². The summed E-state index contributed by atoms with van der Waals surface area (Å²) in [6, 6.07) is 6.18. The number of aliphatic hydroxyl groups is 1. The normalized spacial score (nSPS) is 11.6. The van der Waals surface area contributed by atoms with Gasteiger partial charge in [-0.15, -0.1) is 0 Å². The van der Waals surface area contributed by atoms with Gasteiger partial charge in [-0.1, -0.05) is 12.1 Å². The van der Waals surface area contributed by atoms with E-state index < -0.39 is 10.0 Å². The molecule has 3 N–H and O–H groups in total. The predicted octanol–water partition coefficient (Wildman–Crippen LogP) is -0.182. The molecule has 1 heterocycles. The molecule has 0 aliphatic heterocycles. The van der Waals surface area contributed by atoms with Gasteiger partial charge in [0.05, 0.1) is 11.5 Å². The van der Waals surface area contributed by atoms with Crippen LogP contribution in [0, 0.1) is 0 Å². The van der Waals surface area contributed by atoms with Gasteiger partial charge in [-0.05, 0) is 17.7 Å². The van der Waals surface area contributed by atoms with Gasteiger partial charge in [-0.3, -0.25) is 5.10 Å². The summed E-state index contributed by atoms with van der Waals surface area (Å²) in [6.45, 7) is 0.0301. The highest BCUT2D eigenvalue weighted by atomic mass is 32.2. The molecule has 8 heteroatoms. The zero-order valence-electron chi connectivity index (χ0n) is 10.1. The van der Waals surface area contributed by atoms with Crippen LogP contribution in [0.2, 0.25) is 0 Å². The van der Waals surface area contributed by atoms with E-state index in [9.17, 15) is 8.42 Å². The number of benzene rings is 1. The number of aromatic amines is 1. The molecule has 1 aromatic carbocycles. The summed E-state index contributed by atoms with van der Waals surface area (Å²) in [5.41, 5.74) is 0.554. The summed E-state index contributed by atoms with van der Waals surface area (Å²) in [7, 11) is -3.57. The first-order valence-corrected chi connectivity index (χ1v) is 7.14. The molecule has 0 atom stereocenters. The summed E-state index contributed by atoms with van der Waals surface area (Å²) >= 11 is 0. The monoisotopic (exact) mass is 282 g/mol. The van der Waals surface area contributed by atoms with Crippen molar-refractivity contribution in [3.8, 4) is 0 Å². The molecule has 0 fully saturated rings. The summed E-state index contributed by atoms with van der Waals surface area (Å²) in [5.74, 6) is 0.617. The number of sulfonamides is 1. The molecular formula is C11H14N4O3S. The number of H-pyrrole nitrogens is 1. The molecule has 1 aromatic heterocycles. The van der Waals surface area contributed by atoms with Crippen molar-refractivity contribution in [2.75, 3.05) is 6.54 Å². The van der Waals surface area contributed by atoms with E-state index in [1.165, 1.54) is 18.5 Å². The first-order valence-electron chi connectivity index (χ1n) is 5.65. The Hall–Kier alpha value is -1.77. The molecule has 0 bridgehead atoms. The molecule has 0 saturated heterocycles. The SMILES string of the molecule is O=S(=O)(NCCc1ncn[nH]1)c1cccc(CO)c1. The third-order valence-electron chi connectivity index (χ3n) is 2.51. The average Bonchev–Trinajstić information content (AvgIpc) is 2.92. The van der Waals surface area contributed by atoms with E-state index in [0.717, 1.165) is 0 Å². The van der Waals surface area contributed by atoms with Crippen LogP contribution in [-0.4, -0.2) is 35.3 Å². The molecule has 0 amide bonds. The van der Waals surface area contributed by atoms with Gasteiger partial charge in [0.1, 0.15) is 12.2 Å². The fourth-order valence-electron chi connectivity index (χ4n) is 1.55. The lowest BCUT2D eigenvalue weighted by Gasteiger charge is -2.06. The Balaban J connectivity index is 2.01. The van der Waals surface area contributed by atoms with Gasteiger partial charge in [-0.25, -0.2) is 18.1 Å². The van der Waals surface area contributed by atoms with Crippen LogP contribution in [0.4, 0.5) is 0 Å². The van der Waals surface area contributed by atoms with Crippen LogP contribution < -0.4 is 4.72 Å². The predicted molar refractivity (Wildman–Crippen MR) is 67.6 cm³/mol. The zero-order valence-corrected chi connectivity index (χ0v) is 10.9. The van der Waals surface area contributed by atoms with Crippen LogP contribution in [0.5, 0.6) is 0 Å². The van der Waals surface area contributed by atoms with Crippen molar-refractivity contribution in [1.29, 1.82) is 0 Å². The van der Waals surface area contributed by atoms with Gasteiger partial charge in [0.2, 0.25) is 10.0 Å². The molecule has 0 unspecified atom stereocenters. The summed E-state index contributed by atoms with van der Waals surface area (Å²) in [6.07, 6.45) is 1.80. The Kier molecular flexibility index (Phi) is 4.25. The lowest BCUT2D eigenvalue weighted by molar-refractivity contribution is 0.281. The number of aromatic nitrogens is 3. The van der Waals surface area contributed by atoms with Crippen LogP contribution in [0.25, 0.3) is 0 Å². The first-order chi connectivity index (χ1) is 9.12. The molecule has 0 aliphatic rings. The maximum Gasteiger partial charge on any atom is 0.240 e. The lowest BCUT2D eigenvalue weighted by Crippen LogP contribution is -2.26. The average molecular weight is 282 g/mol. The van der Waals surface area contributed by atoms with Crippen molar-refractivity contribution >= 4 is 10.0 Å². The second-order valence-electron chi connectivity index (χ2n) is 3.89. The van der Waals surface area contributed by atoms with Crippen molar-refractivity contribution in [3.05, 3.63) is 42.0 Å². The van der Waals surface area contributed by atoms with Crippen molar-refractivity contribution in [1.82, 2.24) is 19.9 Å². The van der Waals surface area contributed by atoms with Crippen LogP contribution >= 0.6 is 0 Å². The fraction of sp³-hybridized carbons (Fsp3) is 0.273. The quantitative estimate of drug-likeness (QED) is 0.681. The molecule has 7 nitrogen and oxygen atoms in total. The molecule has 0 spiro atoms. The van der Waals surface area contributed by atoms with Gasteiger partial charge in [0.15, 0.2) is 0 Å². The zero-order chi connectivity index (χ0) is 13.7. The summed E-state index contributed by atoms with van der Waals surface area (Å²) in [5, 5.41) is 15.3. The first kappa shape index (κ1) is 13.7. The second-order valence-corrected chi connectivity index (χ2v) is 5.65. The largest absolute Gasteiger partial charge is 0.392 e. The van der Waals surface area contributed by atoms with Gasteiger partial charge < -0.3 is 5.11 Å². The Morgan fingerprint density at radius 3 is 2.89 bits per heavy atom. The van der Waals surface area contributed by atoms with Crippen LogP contribution in [0.1, 0.15) is 11.4 Å². The standard InChI is InChI=1S/C11H14N4O3S/c16-7-9-2-1-3-10(6-9)19(17,18)14-5-4-11-12-8-13-15-11/h1-3,6,8,14,16H,4-5,7H2,(H,12,13,15). The van der Waals surface area contributed by atoms with E-state index in [-0.39, 0.29) is 18.0 Å². The number of nitrogens with one attached hydrogen (secondary N) is 2. The minimum Gasteiger partial charge on any atom is -0.392 e. The highest BCUT2D eigenvalue weighted by Crippen LogP contribution is 2.11. The van der Waals surface area contributed by atoms with Gasteiger partial charge in [0.25, 0.3) is 0 Å². The van der Waals surface area contributed by atoms with Crippen molar-refractivity contribution in [2.24, 2.45) is 0 Å². The number of rotatable bonds is 6. The molecule has 102 valence electrons. The third kappa shape index (κ3) is 3.60. The van der Waals surface area contributed by atoms with E-state index >= 15 is 0 Å². The topological polar surface area (TPSA) is 108 Å². The molecule has 2 rings (SSSR count). The van der Waals surface area contributed by atoms with Crippen molar-refractivity contribution in [3.63, 3.8) is 0 Å². The van der Waals surface area contributed by atoms with Crippen LogP contribution in [0.3, 0.4) is 0 Å². The van der Waals surface area contributed by atoms with Gasteiger partial charge in [0, 0.05) is 13.0 Å². The minimum atomic E-state index is -3.57. The van der Waals surface area contributed by atoms with Gasteiger partial charge >= 0.3 is 0 Å². The molecule has 0 radical (unpaired) electrons. The van der Waals surface area contributed by atoms with E-state index in [1.54, 1.807) is 12.1 Å². The third-order valence-corrected chi connectivity index (χ3v) is 3.97. The van der Waals surface area contributed by atoms with Crippen molar-refractivity contribution in [2.45, 2.75) is 17.9 Å². The second kappa shape index (κ2) is 5.91. The molecule has 19 heavy (non-hydrogen) atoms. The van der Waals surface area contributed by atoms with E-state index in [1.807, 2.05) is 0 Å². The number of aliphatic hydroxyl groups excluding tert-OH is 1. The summed E-state index contributed by atoms with van der Waals surface area (Å²) < 4.78 is 26.4. The minimum absolute atomic E-state index is 0.136. The molecule has 0 saturated carbocycles. The Morgan fingerprint density at radius 2 is 2.21 bits per heavy atom. The Morgan fingerprint density at radius 1 is 1.37 bits per heavy atom. The number of hydrogen-bond acceptors (Lipinski definition) is 5. The molecular weight excluding hydrogens is 268 g/mol. The van der Waals surface area contributed by atoms with E-state index in [4.69, 9.17) is 5.11 Å². The van der Waals surface area contributed by atoms with Gasteiger partial charge in [-0.2, -0.15) is 5.10 Å². The maximum atomic E-state index is 12.0. The van der Waals surface area contributed by atoms with Crippen molar-refractivity contribution < 1.29 is 13.5 Å². The smallest absolute Gasteiger partial charge is 0.240 e. The van der Waals surface area contributed by atoms with Crippen LogP contribution in [-0.2, 0) is 23.1 Å². The number of nitrogens with zero attached hydrogens (tertiary/aromatic N) is 2.